The van der Waals surface area contributed by atoms with Gasteiger partial charge in [-0.2, -0.15) is 0 Å². The molecule has 7 unspecified atom stereocenters. The quantitative estimate of drug-likeness (QED) is 0.0306. The van der Waals surface area contributed by atoms with Crippen LogP contribution in [0.4, 0.5) is 0 Å². The zero-order chi connectivity index (χ0) is 43.6. The lowest BCUT2D eigenvalue weighted by Crippen LogP contribution is -2.63. The van der Waals surface area contributed by atoms with E-state index >= 15 is 0 Å². The Bertz CT molecular complexity index is 1720. The molecule has 3 saturated heterocycles. The molecule has 4 rings (SSSR count). The van der Waals surface area contributed by atoms with Gasteiger partial charge >= 0.3 is 17.9 Å². The molecule has 15 atom stereocenters. The second-order valence-electron chi connectivity index (χ2n) is 14.4. The first-order valence-electron chi connectivity index (χ1n) is 18.6. The molecule has 0 bridgehead atoms. The average molecular weight is 893 g/mol. The Labute approximate surface area is 355 Å². The van der Waals surface area contributed by atoms with Crippen molar-refractivity contribution in [3.63, 3.8) is 0 Å². The zero-order valence-corrected chi connectivity index (χ0v) is 35.6. The number of rotatable bonds is 15. The molecular formula is C36H48Cl3N7O13. The van der Waals surface area contributed by atoms with Gasteiger partial charge in [-0.15, -0.1) is 0 Å². The lowest BCUT2D eigenvalue weighted by atomic mass is 9.82. The Hall–Kier alpha value is -3.65. The molecule has 3 fully saturated rings. The summed E-state index contributed by atoms with van der Waals surface area (Å²) >= 11 is 17.6. The van der Waals surface area contributed by atoms with E-state index in [-0.39, 0.29) is 25.0 Å². The minimum atomic E-state index is -2.30. The summed E-state index contributed by atoms with van der Waals surface area (Å²) in [4.78, 5) is 43.3. The van der Waals surface area contributed by atoms with Crippen LogP contribution in [0.3, 0.4) is 0 Å². The maximum Gasteiger partial charge on any atom is 0.337 e. The fraction of sp³-hybridized carbons (Fsp3) is 0.722. The van der Waals surface area contributed by atoms with Gasteiger partial charge < -0.3 is 47.4 Å². The number of azide groups is 2. The van der Waals surface area contributed by atoms with Crippen LogP contribution in [0.2, 0.25) is 0 Å². The highest BCUT2D eigenvalue weighted by molar-refractivity contribution is 6.76. The molecule has 20 nitrogen and oxygen atoms in total. The summed E-state index contributed by atoms with van der Waals surface area (Å²) in [6.45, 7) is 9.04. The number of hydrogen-bond acceptors (Lipinski definition) is 16. The number of benzene rings is 1. The van der Waals surface area contributed by atoms with Gasteiger partial charge in [-0.25, -0.2) is 4.79 Å². The molecule has 59 heavy (non-hydrogen) atoms. The SMILES string of the molecule is COC(=O)C1O[C@@H](O[C@@H]2C(COC(C)=O)OC(OC(=N)C(Cl)(Cl)Cl)C(N=[N+]=[N-])[C@H]2C)C(OCc2ccccc2)[C@@H](C)[C@@H]1O[C@H]1OC(COC(C)=O)[C@@H](C)[C@H](C)C1N=[N+]=[N-]. The molecule has 0 saturated carbocycles. The van der Waals surface area contributed by atoms with Gasteiger partial charge in [0, 0.05) is 29.6 Å². The van der Waals surface area contributed by atoms with Crippen LogP contribution >= 0.6 is 34.8 Å². The molecule has 0 radical (unpaired) electrons. The van der Waals surface area contributed by atoms with Crippen molar-refractivity contribution in [2.24, 2.45) is 33.9 Å². The summed E-state index contributed by atoms with van der Waals surface area (Å²) in [6, 6.07) is 7.08. The van der Waals surface area contributed by atoms with Crippen LogP contribution in [0.1, 0.15) is 47.1 Å². The fourth-order valence-electron chi connectivity index (χ4n) is 7.08. The number of halogens is 3. The standard InChI is InChI=1S/C36H48Cl3N7O13/c1-16-17(2)25(43-45-41)32(54-23(16)14-51-20(5)47)57-28-19(4)29(53-13-22-11-9-8-10-12-22)34(58-30(28)31(49)50-7)56-27-18(3)26(44-46-42)33(59-35(40)36(37,38)39)55-24(27)15-52-21(6)48/h8-12,16-19,23-30,32-34,40H,13-15H2,1-7H3/t16-,17-,18+,19-,23?,24?,25?,26?,27-,28-,29?,30?,32+,33?,34+/m0/s1. The number of hydrogen-bond donors (Lipinski definition) is 1. The lowest BCUT2D eigenvalue weighted by molar-refractivity contribution is -0.351. The van der Waals surface area contributed by atoms with E-state index in [1.54, 1.807) is 13.8 Å². The molecule has 1 aromatic carbocycles. The Kier molecular flexibility index (Phi) is 17.7. The number of carbonyl (C=O) groups excluding carboxylic acids is 3. The Morgan fingerprint density at radius 2 is 1.32 bits per heavy atom. The van der Waals surface area contributed by atoms with Crippen molar-refractivity contribution in [1.82, 2.24) is 0 Å². The van der Waals surface area contributed by atoms with Crippen LogP contribution in [-0.4, -0.2) is 115 Å². The minimum Gasteiger partial charge on any atom is -0.467 e. The zero-order valence-electron chi connectivity index (χ0n) is 33.3. The van der Waals surface area contributed by atoms with Gasteiger partial charge in [0.15, 0.2) is 18.7 Å². The van der Waals surface area contributed by atoms with Crippen molar-refractivity contribution in [2.45, 2.75) is 120 Å². The highest BCUT2D eigenvalue weighted by Crippen LogP contribution is 2.41. The van der Waals surface area contributed by atoms with E-state index in [1.165, 1.54) is 13.8 Å². The van der Waals surface area contributed by atoms with E-state index < -0.39 is 114 Å². The predicted molar refractivity (Wildman–Crippen MR) is 208 cm³/mol. The highest BCUT2D eigenvalue weighted by Gasteiger charge is 2.55. The van der Waals surface area contributed by atoms with Gasteiger partial charge in [0.2, 0.25) is 12.2 Å². The normalized spacial score (nSPS) is 34.6. The molecule has 326 valence electrons. The molecule has 0 amide bonds. The van der Waals surface area contributed by atoms with Gasteiger partial charge in [0.1, 0.15) is 37.6 Å². The third-order valence-electron chi connectivity index (χ3n) is 10.5. The molecular weight excluding hydrogens is 845 g/mol. The van der Waals surface area contributed by atoms with E-state index in [2.05, 4.69) is 20.1 Å². The summed E-state index contributed by atoms with van der Waals surface area (Å²) in [7, 11) is 1.16. The van der Waals surface area contributed by atoms with Gasteiger partial charge in [-0.3, -0.25) is 15.0 Å². The predicted octanol–water partition coefficient (Wildman–Crippen LogP) is 6.08. The first kappa shape index (κ1) is 48.0. The number of carbonyl (C=O) groups is 3. The number of methoxy groups -OCH3 is 1. The number of esters is 3. The second-order valence-corrected chi connectivity index (χ2v) is 16.7. The molecule has 3 aliphatic heterocycles. The van der Waals surface area contributed by atoms with Crippen LogP contribution in [0.5, 0.6) is 0 Å². The van der Waals surface area contributed by atoms with E-state index in [4.69, 9.17) is 87.6 Å². The van der Waals surface area contributed by atoms with Crippen molar-refractivity contribution in [2.75, 3.05) is 20.3 Å². The lowest BCUT2D eigenvalue weighted by Gasteiger charge is -2.50. The topological polar surface area (TPSA) is 265 Å². The largest absolute Gasteiger partial charge is 0.467 e. The van der Waals surface area contributed by atoms with Crippen molar-refractivity contribution in [1.29, 1.82) is 5.41 Å². The summed E-state index contributed by atoms with van der Waals surface area (Å²) < 4.78 is 57.4. The fourth-order valence-corrected chi connectivity index (χ4v) is 7.21. The van der Waals surface area contributed by atoms with E-state index in [9.17, 15) is 25.4 Å². The third kappa shape index (κ3) is 12.5. The molecule has 3 heterocycles. The molecule has 1 aromatic rings. The van der Waals surface area contributed by atoms with E-state index in [0.717, 1.165) is 12.7 Å². The average Bonchev–Trinajstić information content (AvgIpc) is 3.18. The molecule has 3 aliphatic rings. The summed E-state index contributed by atoms with van der Waals surface area (Å²) in [5, 5.41) is 15.9. The Balaban J connectivity index is 1.74. The van der Waals surface area contributed by atoms with Crippen LogP contribution in [0.15, 0.2) is 40.6 Å². The van der Waals surface area contributed by atoms with Crippen LogP contribution in [0, 0.1) is 29.1 Å². The van der Waals surface area contributed by atoms with Crippen molar-refractivity contribution in [3.8, 4) is 0 Å². The van der Waals surface area contributed by atoms with Gasteiger partial charge in [-0.1, -0.05) is 103 Å². The summed E-state index contributed by atoms with van der Waals surface area (Å²) in [5.74, 6) is -5.07. The smallest absolute Gasteiger partial charge is 0.337 e. The third-order valence-corrected chi connectivity index (χ3v) is 11.0. The second kappa shape index (κ2) is 21.7. The van der Waals surface area contributed by atoms with Gasteiger partial charge in [0.25, 0.3) is 3.79 Å². The van der Waals surface area contributed by atoms with Crippen molar-refractivity contribution < 1.29 is 61.8 Å². The van der Waals surface area contributed by atoms with Gasteiger partial charge in [-0.05, 0) is 34.4 Å². The molecule has 0 spiro atoms. The number of nitrogens with zero attached hydrogens (tertiary/aromatic N) is 6. The van der Waals surface area contributed by atoms with Crippen molar-refractivity contribution in [3.05, 3.63) is 56.8 Å². The molecule has 1 N–H and O–H groups in total. The molecule has 0 aromatic heterocycles. The van der Waals surface area contributed by atoms with Crippen LogP contribution in [0.25, 0.3) is 20.9 Å². The maximum atomic E-state index is 13.6. The first-order valence-corrected chi connectivity index (χ1v) is 19.7. The van der Waals surface area contributed by atoms with Gasteiger partial charge in [0.05, 0.1) is 32.0 Å². The number of nitrogens with one attached hydrogen (secondary N) is 1. The maximum absolute atomic E-state index is 13.6. The molecule has 0 aliphatic carbocycles. The Morgan fingerprint density at radius 3 is 1.88 bits per heavy atom. The number of alkyl halides is 3. The Morgan fingerprint density at radius 1 is 0.763 bits per heavy atom. The van der Waals surface area contributed by atoms with Crippen LogP contribution in [-0.2, 0) is 68.4 Å². The summed E-state index contributed by atoms with van der Waals surface area (Å²) in [6.07, 6.45) is -10.9. The monoisotopic (exact) mass is 891 g/mol. The number of ether oxygens (including phenoxy) is 10. The minimum absolute atomic E-state index is 0.0406. The first-order chi connectivity index (χ1) is 27.9. The van der Waals surface area contributed by atoms with E-state index in [0.29, 0.717) is 0 Å². The highest BCUT2D eigenvalue weighted by atomic mass is 35.6. The van der Waals surface area contributed by atoms with E-state index in [1.807, 2.05) is 44.2 Å². The molecule has 23 heteroatoms. The van der Waals surface area contributed by atoms with Crippen LogP contribution < -0.4 is 0 Å². The summed E-state index contributed by atoms with van der Waals surface area (Å²) in [5.41, 5.74) is 19.8. The van der Waals surface area contributed by atoms with Crippen molar-refractivity contribution >= 4 is 58.6 Å².